The number of fused-ring (bicyclic) bond motifs is 1. The van der Waals surface area contributed by atoms with E-state index < -0.39 is 5.41 Å². The van der Waals surface area contributed by atoms with Crippen molar-refractivity contribution in [3.63, 3.8) is 0 Å². The number of hydrogen-bond donors (Lipinski definition) is 1. The fourth-order valence-corrected chi connectivity index (χ4v) is 5.80. The zero-order valence-electron chi connectivity index (χ0n) is 23.1. The third-order valence-electron chi connectivity index (χ3n) is 7.82. The van der Waals surface area contributed by atoms with Gasteiger partial charge in [0.15, 0.2) is 5.82 Å². The molecule has 1 atom stereocenters. The molecule has 5 rings (SSSR count). The van der Waals surface area contributed by atoms with E-state index in [1.54, 1.807) is 0 Å². The summed E-state index contributed by atoms with van der Waals surface area (Å²) in [5.41, 5.74) is 5.17. The Balaban J connectivity index is 1.49. The van der Waals surface area contributed by atoms with E-state index in [4.69, 9.17) is 4.74 Å². The Bertz CT molecular complexity index is 1500. The maximum atomic E-state index is 14.0. The van der Waals surface area contributed by atoms with Crippen LogP contribution in [0.3, 0.4) is 0 Å². The van der Waals surface area contributed by atoms with E-state index in [1.165, 1.54) is 0 Å². The Kier molecular flexibility index (Phi) is 7.50. The van der Waals surface area contributed by atoms with Crippen LogP contribution in [0.25, 0.3) is 22.5 Å². The average molecular weight is 529 g/mol. The van der Waals surface area contributed by atoms with Crippen LogP contribution >= 0.6 is 0 Å². The molecule has 1 aliphatic rings. The van der Waals surface area contributed by atoms with Gasteiger partial charge in [-0.1, -0.05) is 61.9 Å². The van der Waals surface area contributed by atoms with Gasteiger partial charge in [0.2, 0.25) is 0 Å². The van der Waals surface area contributed by atoms with Crippen molar-refractivity contribution in [2.45, 2.75) is 72.4 Å². The third-order valence-corrected chi connectivity index (χ3v) is 7.82. The maximum absolute atomic E-state index is 14.0. The number of ether oxygens (including phenoxy) is 1. The van der Waals surface area contributed by atoms with Gasteiger partial charge in [0.25, 0.3) is 5.56 Å². The monoisotopic (exact) mass is 528 g/mol. The quantitative estimate of drug-likeness (QED) is 0.308. The molecule has 1 aliphatic heterocycles. The summed E-state index contributed by atoms with van der Waals surface area (Å²) < 4.78 is 9.40. The fourth-order valence-electron chi connectivity index (χ4n) is 5.80. The highest BCUT2D eigenvalue weighted by Crippen LogP contribution is 2.39. The smallest absolute Gasteiger partial charge is 0.313 e. The van der Waals surface area contributed by atoms with Crippen LogP contribution in [-0.2, 0) is 28.9 Å². The fraction of sp³-hybridized carbons (Fsp3) is 0.433. The SMILES string of the molecule is CCCc1c(Cc2ccc(-c3ccccc3-c3nnn[nH]3)cc2)c(=O)n2n1CCCC2C(C)(C)C(=O)OCC. The van der Waals surface area contributed by atoms with E-state index in [1.807, 2.05) is 49.7 Å². The van der Waals surface area contributed by atoms with E-state index in [-0.39, 0.29) is 17.6 Å². The summed E-state index contributed by atoms with van der Waals surface area (Å²) in [5.74, 6) is 0.360. The highest BCUT2D eigenvalue weighted by Gasteiger charge is 2.43. The molecule has 0 spiro atoms. The zero-order valence-corrected chi connectivity index (χ0v) is 23.1. The van der Waals surface area contributed by atoms with Crippen LogP contribution in [0.4, 0.5) is 0 Å². The van der Waals surface area contributed by atoms with Crippen molar-refractivity contribution in [3.8, 4) is 22.5 Å². The van der Waals surface area contributed by atoms with E-state index in [0.717, 1.165) is 65.7 Å². The van der Waals surface area contributed by atoms with Gasteiger partial charge in [0.1, 0.15) is 0 Å². The number of H-pyrrole nitrogens is 1. The lowest BCUT2D eigenvalue weighted by molar-refractivity contribution is -0.157. The second-order valence-corrected chi connectivity index (χ2v) is 10.7. The molecule has 0 amide bonds. The Hall–Kier alpha value is -4.01. The molecule has 2 aromatic carbocycles. The molecule has 0 saturated carbocycles. The van der Waals surface area contributed by atoms with Crippen molar-refractivity contribution in [1.29, 1.82) is 0 Å². The van der Waals surface area contributed by atoms with Crippen LogP contribution in [0.15, 0.2) is 53.3 Å². The van der Waals surface area contributed by atoms with Gasteiger partial charge < -0.3 is 4.74 Å². The van der Waals surface area contributed by atoms with Crippen molar-refractivity contribution in [3.05, 3.63) is 75.7 Å². The van der Waals surface area contributed by atoms with Gasteiger partial charge in [-0.25, -0.2) is 9.78 Å². The summed E-state index contributed by atoms with van der Waals surface area (Å²) in [5, 5.41) is 14.3. The first-order valence-corrected chi connectivity index (χ1v) is 13.8. The Morgan fingerprint density at radius 3 is 2.51 bits per heavy atom. The van der Waals surface area contributed by atoms with Crippen LogP contribution in [0, 0.1) is 5.41 Å². The molecular weight excluding hydrogens is 492 g/mol. The minimum absolute atomic E-state index is 0.00719. The highest BCUT2D eigenvalue weighted by atomic mass is 16.5. The summed E-state index contributed by atoms with van der Waals surface area (Å²) in [6.07, 6.45) is 4.00. The van der Waals surface area contributed by atoms with E-state index in [2.05, 4.69) is 56.5 Å². The second kappa shape index (κ2) is 11.0. The normalized spacial score (nSPS) is 15.2. The number of benzene rings is 2. The van der Waals surface area contributed by atoms with Gasteiger partial charge in [-0.3, -0.25) is 14.3 Å². The Labute approximate surface area is 228 Å². The number of carbonyl (C=O) groups excluding carboxylic acids is 1. The number of aromatic amines is 1. The largest absolute Gasteiger partial charge is 0.466 e. The van der Waals surface area contributed by atoms with Crippen LogP contribution in [-0.4, -0.2) is 42.6 Å². The molecule has 2 aromatic heterocycles. The molecule has 9 nitrogen and oxygen atoms in total. The van der Waals surface area contributed by atoms with Gasteiger partial charge >= 0.3 is 5.97 Å². The van der Waals surface area contributed by atoms with E-state index in [0.29, 0.717) is 18.9 Å². The number of tetrazole rings is 1. The molecular formula is C30H36N6O3. The summed E-state index contributed by atoms with van der Waals surface area (Å²) in [7, 11) is 0. The van der Waals surface area contributed by atoms with Gasteiger partial charge in [0.05, 0.1) is 18.1 Å². The zero-order chi connectivity index (χ0) is 27.6. The van der Waals surface area contributed by atoms with Gasteiger partial charge in [0, 0.05) is 29.8 Å². The third kappa shape index (κ3) is 4.93. The first-order valence-electron chi connectivity index (χ1n) is 13.8. The van der Waals surface area contributed by atoms with Crippen LogP contribution in [0.5, 0.6) is 0 Å². The minimum atomic E-state index is -0.800. The first kappa shape index (κ1) is 26.6. The molecule has 1 unspecified atom stereocenters. The predicted molar refractivity (Wildman–Crippen MR) is 149 cm³/mol. The standard InChI is InChI=1S/C30H36N6O3/c1-5-10-25-24(28(37)36-26(13-9-18-35(25)36)30(3,4)29(38)39-6-2)19-20-14-16-21(17-15-20)22-11-7-8-12-23(22)27-31-33-34-32-27/h7-8,11-12,14-17,26H,5-6,9-10,13,18-19H2,1-4H3,(H,31,32,33,34). The van der Waals surface area contributed by atoms with E-state index >= 15 is 0 Å². The predicted octanol–water partition coefficient (Wildman–Crippen LogP) is 4.96. The molecule has 39 heavy (non-hydrogen) atoms. The number of esters is 1. The molecule has 4 aromatic rings. The highest BCUT2D eigenvalue weighted by molar-refractivity contribution is 5.80. The van der Waals surface area contributed by atoms with Crippen LogP contribution in [0.1, 0.15) is 69.8 Å². The molecule has 0 aliphatic carbocycles. The van der Waals surface area contributed by atoms with Crippen molar-refractivity contribution < 1.29 is 9.53 Å². The Morgan fingerprint density at radius 2 is 1.85 bits per heavy atom. The maximum Gasteiger partial charge on any atom is 0.313 e. The van der Waals surface area contributed by atoms with Gasteiger partial charge in [-0.2, -0.15) is 0 Å². The lowest BCUT2D eigenvalue weighted by Crippen LogP contribution is -2.44. The molecule has 204 valence electrons. The topological polar surface area (TPSA) is 108 Å². The van der Waals surface area contributed by atoms with Crippen molar-refractivity contribution in [2.24, 2.45) is 5.41 Å². The second-order valence-electron chi connectivity index (χ2n) is 10.7. The summed E-state index contributed by atoms with van der Waals surface area (Å²) in [6.45, 7) is 8.86. The molecule has 0 saturated heterocycles. The number of hydrogen-bond acceptors (Lipinski definition) is 6. The van der Waals surface area contributed by atoms with Crippen molar-refractivity contribution in [1.82, 2.24) is 30.0 Å². The van der Waals surface area contributed by atoms with E-state index in [9.17, 15) is 9.59 Å². The molecule has 3 heterocycles. The summed E-state index contributed by atoms with van der Waals surface area (Å²) in [6, 6.07) is 16.1. The van der Waals surface area contributed by atoms with Crippen molar-refractivity contribution >= 4 is 5.97 Å². The number of nitrogens with one attached hydrogen (secondary N) is 1. The van der Waals surface area contributed by atoms with Crippen LogP contribution in [0.2, 0.25) is 0 Å². The molecule has 9 heteroatoms. The lowest BCUT2D eigenvalue weighted by atomic mass is 9.81. The number of rotatable bonds is 9. The van der Waals surface area contributed by atoms with Gasteiger partial charge in [-0.15, -0.1) is 5.10 Å². The minimum Gasteiger partial charge on any atom is -0.466 e. The summed E-state index contributed by atoms with van der Waals surface area (Å²) >= 11 is 0. The molecule has 0 radical (unpaired) electrons. The Morgan fingerprint density at radius 1 is 1.10 bits per heavy atom. The lowest BCUT2D eigenvalue weighted by Gasteiger charge is -2.37. The molecule has 1 N–H and O–H groups in total. The number of nitrogens with zero attached hydrogens (tertiary/aromatic N) is 5. The summed E-state index contributed by atoms with van der Waals surface area (Å²) in [4.78, 5) is 26.9. The average Bonchev–Trinajstić information content (AvgIpc) is 3.57. The molecule has 0 bridgehead atoms. The first-order chi connectivity index (χ1) is 18.9. The van der Waals surface area contributed by atoms with Crippen LogP contribution < -0.4 is 5.56 Å². The van der Waals surface area contributed by atoms with Gasteiger partial charge in [-0.05, 0) is 67.2 Å². The number of carbonyl (C=O) groups is 1. The number of aromatic nitrogens is 6. The van der Waals surface area contributed by atoms with Crippen molar-refractivity contribution in [2.75, 3.05) is 6.61 Å². The molecule has 0 fully saturated rings.